The zero-order valence-corrected chi connectivity index (χ0v) is 10.1. The monoisotopic (exact) mass is 231 g/mol. The third-order valence-electron chi connectivity index (χ3n) is 2.93. The number of hydrogen-bond acceptors (Lipinski definition) is 5. The van der Waals surface area contributed by atoms with E-state index >= 15 is 0 Å². The Labute approximate surface area is 98.2 Å². The van der Waals surface area contributed by atoms with E-state index in [0.717, 1.165) is 58.8 Å². The minimum atomic E-state index is 0.118. The molecule has 0 aromatic rings. The molecule has 1 aliphatic rings. The van der Waals surface area contributed by atoms with Gasteiger partial charge < -0.3 is 20.5 Å². The van der Waals surface area contributed by atoms with Crippen molar-refractivity contribution in [2.75, 3.05) is 65.6 Å². The van der Waals surface area contributed by atoms with E-state index in [2.05, 4.69) is 9.80 Å². The molecule has 0 saturated carbocycles. The van der Waals surface area contributed by atoms with Crippen molar-refractivity contribution in [2.45, 2.75) is 6.42 Å². The number of hydrogen-bond donors (Lipinski definition) is 2. The van der Waals surface area contributed by atoms with Gasteiger partial charge in [-0.1, -0.05) is 0 Å². The molecule has 96 valence electrons. The summed E-state index contributed by atoms with van der Waals surface area (Å²) in [5.41, 5.74) is 5.49. The molecule has 1 heterocycles. The maximum absolute atomic E-state index is 8.56. The number of nitrogens with zero attached hydrogens (tertiary/aromatic N) is 2. The summed E-state index contributed by atoms with van der Waals surface area (Å²) in [7, 11) is 0. The Balaban J connectivity index is 1.98. The molecule has 1 aliphatic heterocycles. The summed E-state index contributed by atoms with van der Waals surface area (Å²) in [6.45, 7) is 8.71. The van der Waals surface area contributed by atoms with Crippen LogP contribution in [0.2, 0.25) is 0 Å². The van der Waals surface area contributed by atoms with E-state index < -0.39 is 0 Å². The van der Waals surface area contributed by atoms with Crippen LogP contribution < -0.4 is 5.73 Å². The summed E-state index contributed by atoms with van der Waals surface area (Å²) in [5, 5.41) is 8.56. The first kappa shape index (κ1) is 13.9. The molecular weight excluding hydrogens is 206 g/mol. The number of ether oxygens (including phenoxy) is 1. The van der Waals surface area contributed by atoms with E-state index in [1.807, 2.05) is 0 Å². The third kappa shape index (κ3) is 5.77. The molecule has 16 heavy (non-hydrogen) atoms. The van der Waals surface area contributed by atoms with Crippen LogP contribution >= 0.6 is 0 Å². The van der Waals surface area contributed by atoms with E-state index in [1.165, 1.54) is 0 Å². The summed E-state index contributed by atoms with van der Waals surface area (Å²) in [5.74, 6) is 0. The summed E-state index contributed by atoms with van der Waals surface area (Å²) in [4.78, 5) is 4.88. The highest BCUT2D eigenvalue weighted by atomic mass is 16.5. The smallest absolute Gasteiger partial charge is 0.0698 e. The summed E-state index contributed by atoms with van der Waals surface area (Å²) < 4.78 is 5.26. The average Bonchev–Trinajstić information content (AvgIpc) is 2.33. The van der Waals surface area contributed by atoms with Gasteiger partial charge in [-0.2, -0.15) is 0 Å². The SMILES string of the molecule is NCCCN1CCN(CCOCCO)CC1. The Morgan fingerprint density at radius 3 is 2.19 bits per heavy atom. The van der Waals surface area contributed by atoms with Crippen molar-refractivity contribution in [1.29, 1.82) is 0 Å². The van der Waals surface area contributed by atoms with Crippen LogP contribution in [0.1, 0.15) is 6.42 Å². The van der Waals surface area contributed by atoms with Gasteiger partial charge in [0.1, 0.15) is 0 Å². The van der Waals surface area contributed by atoms with Gasteiger partial charge in [-0.3, -0.25) is 4.90 Å². The third-order valence-corrected chi connectivity index (χ3v) is 2.93. The molecule has 0 amide bonds. The number of aliphatic hydroxyl groups is 1. The van der Waals surface area contributed by atoms with Crippen LogP contribution in [-0.2, 0) is 4.74 Å². The van der Waals surface area contributed by atoms with E-state index in [0.29, 0.717) is 6.61 Å². The quantitative estimate of drug-likeness (QED) is 0.523. The average molecular weight is 231 g/mol. The normalized spacial score (nSPS) is 19.1. The van der Waals surface area contributed by atoms with Gasteiger partial charge in [-0.15, -0.1) is 0 Å². The fourth-order valence-corrected chi connectivity index (χ4v) is 1.91. The van der Waals surface area contributed by atoms with Gasteiger partial charge in [0.2, 0.25) is 0 Å². The van der Waals surface area contributed by atoms with Crippen molar-refractivity contribution in [2.24, 2.45) is 5.73 Å². The van der Waals surface area contributed by atoms with Crippen LogP contribution in [0.4, 0.5) is 0 Å². The van der Waals surface area contributed by atoms with E-state index in [-0.39, 0.29) is 6.61 Å². The Morgan fingerprint density at radius 2 is 1.62 bits per heavy atom. The lowest BCUT2D eigenvalue weighted by atomic mass is 10.3. The van der Waals surface area contributed by atoms with Gasteiger partial charge in [-0.05, 0) is 19.5 Å². The van der Waals surface area contributed by atoms with Gasteiger partial charge in [-0.25, -0.2) is 0 Å². The summed E-state index contributed by atoms with van der Waals surface area (Å²) >= 11 is 0. The van der Waals surface area contributed by atoms with Crippen molar-refractivity contribution >= 4 is 0 Å². The fourth-order valence-electron chi connectivity index (χ4n) is 1.91. The second kappa shape index (κ2) is 8.90. The second-order valence-electron chi connectivity index (χ2n) is 4.16. The first-order valence-corrected chi connectivity index (χ1v) is 6.20. The molecule has 0 aliphatic carbocycles. The number of piperazine rings is 1. The standard InChI is InChI=1S/C11H25N3O2/c12-2-1-3-13-4-6-14(7-5-13)8-10-16-11-9-15/h15H,1-12H2. The predicted molar refractivity (Wildman–Crippen MR) is 64.5 cm³/mol. The molecule has 1 rings (SSSR count). The molecule has 5 heteroatoms. The molecule has 0 aromatic heterocycles. The van der Waals surface area contributed by atoms with E-state index in [1.54, 1.807) is 0 Å². The van der Waals surface area contributed by atoms with Crippen molar-refractivity contribution in [3.05, 3.63) is 0 Å². The Kier molecular flexibility index (Phi) is 7.71. The van der Waals surface area contributed by atoms with Crippen LogP contribution in [-0.4, -0.2) is 80.5 Å². The highest BCUT2D eigenvalue weighted by Gasteiger charge is 2.15. The summed E-state index contributed by atoms with van der Waals surface area (Å²) in [6, 6.07) is 0. The largest absolute Gasteiger partial charge is 0.394 e. The van der Waals surface area contributed by atoms with E-state index in [4.69, 9.17) is 15.6 Å². The number of nitrogens with two attached hydrogens (primary N) is 1. The highest BCUT2D eigenvalue weighted by molar-refractivity contribution is 4.71. The second-order valence-corrected chi connectivity index (χ2v) is 4.16. The number of rotatable bonds is 8. The van der Waals surface area contributed by atoms with Gasteiger partial charge in [0, 0.05) is 32.7 Å². The topological polar surface area (TPSA) is 62.0 Å². The van der Waals surface area contributed by atoms with Crippen molar-refractivity contribution in [3.8, 4) is 0 Å². The number of aliphatic hydroxyl groups excluding tert-OH is 1. The Bertz CT molecular complexity index is 161. The van der Waals surface area contributed by atoms with Crippen molar-refractivity contribution in [3.63, 3.8) is 0 Å². The van der Waals surface area contributed by atoms with E-state index in [9.17, 15) is 0 Å². The van der Waals surface area contributed by atoms with Crippen LogP contribution in [0.15, 0.2) is 0 Å². The summed E-state index contributed by atoms with van der Waals surface area (Å²) in [6.07, 6.45) is 1.10. The lowest BCUT2D eigenvalue weighted by Crippen LogP contribution is -2.47. The molecule has 0 atom stereocenters. The molecule has 0 aromatic carbocycles. The van der Waals surface area contributed by atoms with Crippen LogP contribution in [0.25, 0.3) is 0 Å². The molecule has 5 nitrogen and oxygen atoms in total. The molecule has 1 saturated heterocycles. The Hall–Kier alpha value is -0.200. The van der Waals surface area contributed by atoms with Gasteiger partial charge in [0.25, 0.3) is 0 Å². The first-order valence-electron chi connectivity index (χ1n) is 6.20. The Morgan fingerprint density at radius 1 is 1.00 bits per heavy atom. The molecule has 0 unspecified atom stereocenters. The van der Waals surface area contributed by atoms with Crippen LogP contribution in [0.3, 0.4) is 0 Å². The van der Waals surface area contributed by atoms with Gasteiger partial charge in [0.15, 0.2) is 0 Å². The zero-order valence-electron chi connectivity index (χ0n) is 10.1. The first-order chi connectivity index (χ1) is 7.86. The van der Waals surface area contributed by atoms with Crippen molar-refractivity contribution < 1.29 is 9.84 Å². The maximum Gasteiger partial charge on any atom is 0.0698 e. The molecule has 0 bridgehead atoms. The van der Waals surface area contributed by atoms with Crippen LogP contribution in [0.5, 0.6) is 0 Å². The highest BCUT2D eigenvalue weighted by Crippen LogP contribution is 2.01. The lowest BCUT2D eigenvalue weighted by molar-refractivity contribution is 0.0575. The molecule has 0 radical (unpaired) electrons. The van der Waals surface area contributed by atoms with Gasteiger partial charge >= 0.3 is 0 Å². The molecule has 1 fully saturated rings. The predicted octanol–water partition coefficient (Wildman–Crippen LogP) is -1.04. The fraction of sp³-hybridized carbons (Fsp3) is 1.00. The maximum atomic E-state index is 8.56. The molecule has 3 N–H and O–H groups in total. The zero-order chi connectivity index (χ0) is 11.6. The minimum Gasteiger partial charge on any atom is -0.394 e. The van der Waals surface area contributed by atoms with Gasteiger partial charge in [0.05, 0.1) is 19.8 Å². The van der Waals surface area contributed by atoms with Crippen LogP contribution in [0, 0.1) is 0 Å². The molecule has 0 spiro atoms. The lowest BCUT2D eigenvalue weighted by Gasteiger charge is -2.34. The van der Waals surface area contributed by atoms with Crippen molar-refractivity contribution in [1.82, 2.24) is 9.80 Å². The minimum absolute atomic E-state index is 0.118. The molecular formula is C11H25N3O2.